The van der Waals surface area contributed by atoms with Gasteiger partial charge in [-0.1, -0.05) is 70.7 Å². The summed E-state index contributed by atoms with van der Waals surface area (Å²) >= 11 is 0. The zero-order valence-electron chi connectivity index (χ0n) is 15.0. The third-order valence-electron chi connectivity index (χ3n) is 3.97. The fourth-order valence-electron chi connectivity index (χ4n) is 2.55. The van der Waals surface area contributed by atoms with Crippen molar-refractivity contribution in [3.8, 4) is 0 Å². The van der Waals surface area contributed by atoms with E-state index >= 15 is 0 Å². The van der Waals surface area contributed by atoms with Gasteiger partial charge in [0.25, 0.3) is 5.91 Å². The van der Waals surface area contributed by atoms with Gasteiger partial charge in [-0.25, -0.2) is 0 Å². The number of carbonyl (C=O) groups excluding carboxylic acids is 1. The Labute approximate surface area is 141 Å². The average Bonchev–Trinajstić information content (AvgIpc) is 2.46. The maximum absolute atomic E-state index is 12.8. The molecule has 0 aliphatic rings. The molecule has 0 saturated heterocycles. The maximum atomic E-state index is 12.8. The molecule has 0 heterocycles. The van der Waals surface area contributed by atoms with Gasteiger partial charge in [-0.2, -0.15) is 0 Å². The smallest absolute Gasteiger partial charge is 0.255 e. The third kappa shape index (κ3) is 4.32. The first-order valence-corrected chi connectivity index (χ1v) is 11.6. The second kappa shape index (κ2) is 6.32. The minimum Gasteiger partial charge on any atom is -0.322 e. The van der Waals surface area contributed by atoms with Crippen molar-refractivity contribution in [1.82, 2.24) is 0 Å². The molecular formula is C20H27NOSi. The summed E-state index contributed by atoms with van der Waals surface area (Å²) < 4.78 is 0. The van der Waals surface area contributed by atoms with E-state index in [2.05, 4.69) is 57.9 Å². The van der Waals surface area contributed by atoms with Crippen LogP contribution in [0.4, 0.5) is 5.69 Å². The lowest BCUT2D eigenvalue weighted by Crippen LogP contribution is -2.43. The molecule has 1 N–H and O–H groups in total. The first-order chi connectivity index (χ1) is 10.6. The number of hydrogen-bond donors (Lipinski definition) is 1. The SMILES string of the molecule is CC(C)(C)c1ccc(C(=O)Nc2ccccc2)c([Si](C)(C)C)c1. The second-order valence-corrected chi connectivity index (χ2v) is 13.1. The van der Waals surface area contributed by atoms with Crippen LogP contribution in [-0.2, 0) is 5.41 Å². The lowest BCUT2D eigenvalue weighted by molar-refractivity contribution is 0.102. The minimum atomic E-state index is -1.63. The highest BCUT2D eigenvalue weighted by Crippen LogP contribution is 2.23. The summed E-state index contributed by atoms with van der Waals surface area (Å²) in [6.07, 6.45) is 0. The number of nitrogens with one attached hydrogen (secondary N) is 1. The molecule has 0 aliphatic heterocycles. The van der Waals surface area contributed by atoms with Gasteiger partial charge in [0.15, 0.2) is 0 Å². The van der Waals surface area contributed by atoms with Gasteiger partial charge in [-0.3, -0.25) is 4.79 Å². The van der Waals surface area contributed by atoms with Crippen molar-refractivity contribution >= 4 is 24.9 Å². The molecule has 23 heavy (non-hydrogen) atoms. The number of para-hydroxylation sites is 1. The van der Waals surface area contributed by atoms with E-state index < -0.39 is 8.07 Å². The summed E-state index contributed by atoms with van der Waals surface area (Å²) in [6, 6.07) is 15.9. The molecule has 0 aromatic heterocycles. The molecular weight excluding hydrogens is 298 g/mol. The van der Waals surface area contributed by atoms with Gasteiger partial charge in [0.1, 0.15) is 0 Å². The number of rotatable bonds is 3. The molecule has 1 amide bonds. The van der Waals surface area contributed by atoms with Crippen LogP contribution >= 0.6 is 0 Å². The third-order valence-corrected chi connectivity index (χ3v) is 6.00. The van der Waals surface area contributed by atoms with Crippen LogP contribution < -0.4 is 10.5 Å². The van der Waals surface area contributed by atoms with Crippen molar-refractivity contribution in [3.05, 3.63) is 59.7 Å². The van der Waals surface area contributed by atoms with E-state index in [9.17, 15) is 4.79 Å². The van der Waals surface area contributed by atoms with E-state index in [1.54, 1.807) is 0 Å². The van der Waals surface area contributed by atoms with E-state index in [1.807, 2.05) is 36.4 Å². The van der Waals surface area contributed by atoms with E-state index in [1.165, 1.54) is 10.8 Å². The Morgan fingerprint density at radius 3 is 2.09 bits per heavy atom. The van der Waals surface area contributed by atoms with Crippen LogP contribution in [0.2, 0.25) is 19.6 Å². The van der Waals surface area contributed by atoms with Crippen LogP contribution in [0.1, 0.15) is 36.7 Å². The van der Waals surface area contributed by atoms with E-state index in [4.69, 9.17) is 0 Å². The summed E-state index contributed by atoms with van der Waals surface area (Å²) in [5.41, 5.74) is 3.01. The summed E-state index contributed by atoms with van der Waals surface area (Å²) in [4.78, 5) is 12.8. The standard InChI is InChI=1S/C20H27NOSi/c1-20(2,3)15-12-13-17(18(14-15)23(4,5)6)19(22)21-16-10-8-7-9-11-16/h7-14H,1-6H3,(H,21,22). The Kier molecular flexibility index (Phi) is 4.80. The molecule has 0 atom stereocenters. The van der Waals surface area contributed by atoms with Crippen molar-refractivity contribution in [3.63, 3.8) is 0 Å². The van der Waals surface area contributed by atoms with Gasteiger partial charge in [0.05, 0.1) is 8.07 Å². The molecule has 0 radical (unpaired) electrons. The molecule has 0 fully saturated rings. The highest BCUT2D eigenvalue weighted by atomic mass is 28.3. The number of anilines is 1. The molecule has 2 nitrogen and oxygen atoms in total. The molecule has 0 unspecified atom stereocenters. The minimum absolute atomic E-state index is 0.0194. The predicted octanol–water partition coefficient (Wildman–Crippen LogP) is 4.78. The summed E-state index contributed by atoms with van der Waals surface area (Å²) in [7, 11) is -1.63. The van der Waals surface area contributed by atoms with Gasteiger partial charge in [-0.15, -0.1) is 0 Å². The van der Waals surface area contributed by atoms with Crippen LogP contribution in [-0.4, -0.2) is 14.0 Å². The largest absolute Gasteiger partial charge is 0.322 e. The average molecular weight is 326 g/mol. The zero-order valence-corrected chi connectivity index (χ0v) is 16.0. The van der Waals surface area contributed by atoms with Crippen molar-refractivity contribution in [2.24, 2.45) is 0 Å². The summed E-state index contributed by atoms with van der Waals surface area (Å²) in [5.74, 6) is -0.0194. The van der Waals surface area contributed by atoms with Gasteiger partial charge < -0.3 is 5.32 Å². The van der Waals surface area contributed by atoms with Crippen LogP contribution in [0.15, 0.2) is 48.5 Å². The lowest BCUT2D eigenvalue weighted by Gasteiger charge is -2.26. The first kappa shape index (κ1) is 17.5. The molecule has 0 aliphatic carbocycles. The Bertz CT molecular complexity index is 694. The van der Waals surface area contributed by atoms with Gasteiger partial charge in [0.2, 0.25) is 0 Å². The fraction of sp³-hybridized carbons (Fsp3) is 0.350. The van der Waals surface area contributed by atoms with Crippen molar-refractivity contribution in [2.75, 3.05) is 5.32 Å². The Balaban J connectivity index is 2.43. The second-order valence-electron chi connectivity index (χ2n) is 8.08. The molecule has 2 aromatic rings. The summed E-state index contributed by atoms with van der Waals surface area (Å²) in [5, 5.41) is 4.23. The molecule has 2 aromatic carbocycles. The Morgan fingerprint density at radius 1 is 0.957 bits per heavy atom. The molecule has 2 rings (SSSR count). The zero-order chi connectivity index (χ0) is 17.3. The van der Waals surface area contributed by atoms with E-state index in [0.29, 0.717) is 0 Å². The van der Waals surface area contributed by atoms with E-state index in [-0.39, 0.29) is 11.3 Å². The number of carbonyl (C=O) groups is 1. The highest BCUT2D eigenvalue weighted by molar-refractivity contribution is 6.89. The van der Waals surface area contributed by atoms with Crippen LogP contribution in [0.5, 0.6) is 0 Å². The molecule has 3 heteroatoms. The molecule has 0 bridgehead atoms. The predicted molar refractivity (Wildman–Crippen MR) is 103 cm³/mol. The van der Waals surface area contributed by atoms with Gasteiger partial charge in [-0.05, 0) is 34.4 Å². The van der Waals surface area contributed by atoms with Crippen LogP contribution in [0, 0.1) is 0 Å². The highest BCUT2D eigenvalue weighted by Gasteiger charge is 2.26. The lowest BCUT2D eigenvalue weighted by atomic mass is 9.86. The van der Waals surface area contributed by atoms with Crippen molar-refractivity contribution < 1.29 is 4.79 Å². The normalized spacial score (nSPS) is 12.1. The van der Waals surface area contributed by atoms with Crippen LogP contribution in [0.3, 0.4) is 0 Å². The quantitative estimate of drug-likeness (QED) is 0.808. The monoisotopic (exact) mass is 325 g/mol. The topological polar surface area (TPSA) is 29.1 Å². The number of benzene rings is 2. The van der Waals surface area contributed by atoms with Crippen molar-refractivity contribution in [1.29, 1.82) is 0 Å². The molecule has 0 spiro atoms. The maximum Gasteiger partial charge on any atom is 0.255 e. The van der Waals surface area contributed by atoms with E-state index in [0.717, 1.165) is 11.3 Å². The fourth-order valence-corrected chi connectivity index (χ4v) is 4.14. The van der Waals surface area contributed by atoms with Crippen molar-refractivity contribution in [2.45, 2.75) is 45.8 Å². The Hall–Kier alpha value is -1.87. The first-order valence-electron chi connectivity index (χ1n) is 8.10. The van der Waals surface area contributed by atoms with Gasteiger partial charge in [0, 0.05) is 11.3 Å². The Morgan fingerprint density at radius 2 is 1.57 bits per heavy atom. The van der Waals surface area contributed by atoms with Gasteiger partial charge >= 0.3 is 0 Å². The number of hydrogen-bond acceptors (Lipinski definition) is 1. The van der Waals surface area contributed by atoms with Crippen LogP contribution in [0.25, 0.3) is 0 Å². The molecule has 122 valence electrons. The number of amides is 1. The summed E-state index contributed by atoms with van der Waals surface area (Å²) in [6.45, 7) is 13.5. The molecule has 0 saturated carbocycles.